The average Bonchev–Trinajstić information content (AvgIpc) is 2.89. The van der Waals surface area contributed by atoms with Crippen LogP contribution in [0.3, 0.4) is 0 Å². The van der Waals surface area contributed by atoms with Crippen molar-refractivity contribution in [2.45, 2.75) is 12.5 Å². The number of furan rings is 1. The van der Waals surface area contributed by atoms with Gasteiger partial charge in [0.15, 0.2) is 0 Å². The highest BCUT2D eigenvalue weighted by Crippen LogP contribution is 2.26. The number of likely N-dealkylation sites (tertiary alicyclic amines) is 1. The van der Waals surface area contributed by atoms with Crippen molar-refractivity contribution in [3.05, 3.63) is 24.2 Å². The van der Waals surface area contributed by atoms with Crippen LogP contribution in [-0.4, -0.2) is 36.2 Å². The maximum absolute atomic E-state index is 9.09. The lowest BCUT2D eigenvalue weighted by atomic mass is 10.1. The maximum atomic E-state index is 9.09. The van der Waals surface area contributed by atoms with Gasteiger partial charge in [-0.15, -0.1) is 0 Å². The van der Waals surface area contributed by atoms with Gasteiger partial charge in [0, 0.05) is 19.7 Å². The molecular formula is C11H18N2O2. The van der Waals surface area contributed by atoms with E-state index in [1.165, 1.54) is 0 Å². The summed E-state index contributed by atoms with van der Waals surface area (Å²) in [5.41, 5.74) is 5.77. The highest BCUT2D eigenvalue weighted by molar-refractivity contribution is 5.06. The summed E-state index contributed by atoms with van der Waals surface area (Å²) in [6.45, 7) is 2.74. The zero-order chi connectivity index (χ0) is 10.7. The minimum atomic E-state index is 0.163. The molecule has 0 aromatic carbocycles. The Bertz CT molecular complexity index is 287. The molecule has 0 amide bonds. The molecule has 0 spiro atoms. The Hall–Kier alpha value is -0.840. The van der Waals surface area contributed by atoms with Crippen molar-refractivity contribution in [1.29, 1.82) is 0 Å². The van der Waals surface area contributed by atoms with Crippen LogP contribution in [0.1, 0.15) is 18.2 Å². The Morgan fingerprint density at radius 1 is 1.67 bits per heavy atom. The summed E-state index contributed by atoms with van der Waals surface area (Å²) in [7, 11) is 0. The second-order valence-electron chi connectivity index (χ2n) is 4.10. The van der Waals surface area contributed by atoms with Gasteiger partial charge in [-0.1, -0.05) is 0 Å². The van der Waals surface area contributed by atoms with Crippen LogP contribution < -0.4 is 5.73 Å². The van der Waals surface area contributed by atoms with E-state index in [0.717, 1.165) is 25.3 Å². The monoisotopic (exact) mass is 210 g/mol. The third-order valence-corrected chi connectivity index (χ3v) is 3.11. The van der Waals surface area contributed by atoms with Crippen LogP contribution in [0.4, 0.5) is 0 Å². The zero-order valence-corrected chi connectivity index (χ0v) is 8.80. The van der Waals surface area contributed by atoms with E-state index >= 15 is 0 Å². The zero-order valence-electron chi connectivity index (χ0n) is 8.80. The van der Waals surface area contributed by atoms with Crippen molar-refractivity contribution in [1.82, 2.24) is 4.90 Å². The molecule has 4 heteroatoms. The molecule has 0 radical (unpaired) electrons. The fourth-order valence-electron chi connectivity index (χ4n) is 2.22. The second kappa shape index (κ2) is 4.79. The predicted octanol–water partition coefficient (Wildman–Crippen LogP) is 0.594. The Kier molecular flexibility index (Phi) is 3.41. The summed E-state index contributed by atoms with van der Waals surface area (Å²) in [5.74, 6) is 1.32. The van der Waals surface area contributed by atoms with Gasteiger partial charge in [-0.3, -0.25) is 4.90 Å². The molecule has 1 aromatic heterocycles. The molecule has 0 aliphatic carbocycles. The number of nitrogens with zero attached hydrogens (tertiary/aromatic N) is 1. The molecule has 1 saturated heterocycles. The first-order valence-electron chi connectivity index (χ1n) is 5.43. The highest BCUT2D eigenvalue weighted by Gasteiger charge is 2.29. The van der Waals surface area contributed by atoms with Gasteiger partial charge >= 0.3 is 0 Å². The lowest BCUT2D eigenvalue weighted by Crippen LogP contribution is -2.32. The summed E-state index contributed by atoms with van der Waals surface area (Å²) >= 11 is 0. The third-order valence-electron chi connectivity index (χ3n) is 3.11. The van der Waals surface area contributed by atoms with Crippen molar-refractivity contribution >= 4 is 0 Å². The van der Waals surface area contributed by atoms with E-state index in [2.05, 4.69) is 4.90 Å². The quantitative estimate of drug-likeness (QED) is 0.763. The lowest BCUT2D eigenvalue weighted by Gasteiger charge is -2.24. The van der Waals surface area contributed by atoms with E-state index in [4.69, 9.17) is 15.3 Å². The first-order chi connectivity index (χ1) is 7.35. The standard InChI is InChI=1S/C11H18N2O2/c12-6-10(11-2-1-5-15-11)13-4-3-9(7-13)8-14/h1-2,5,9-10,14H,3-4,6-8,12H2. The van der Waals surface area contributed by atoms with Gasteiger partial charge in [0.1, 0.15) is 5.76 Å². The van der Waals surface area contributed by atoms with Crippen LogP contribution in [0.5, 0.6) is 0 Å². The maximum Gasteiger partial charge on any atom is 0.122 e. The highest BCUT2D eigenvalue weighted by atomic mass is 16.3. The number of nitrogens with two attached hydrogens (primary N) is 1. The van der Waals surface area contributed by atoms with Crippen molar-refractivity contribution in [3.8, 4) is 0 Å². The molecule has 1 aliphatic heterocycles. The molecule has 0 saturated carbocycles. The van der Waals surface area contributed by atoms with Gasteiger partial charge in [-0.2, -0.15) is 0 Å². The van der Waals surface area contributed by atoms with Gasteiger partial charge < -0.3 is 15.3 Å². The van der Waals surface area contributed by atoms with Crippen molar-refractivity contribution in [3.63, 3.8) is 0 Å². The second-order valence-corrected chi connectivity index (χ2v) is 4.10. The van der Waals surface area contributed by atoms with Crippen molar-refractivity contribution in [2.24, 2.45) is 11.7 Å². The Morgan fingerprint density at radius 2 is 2.53 bits per heavy atom. The number of hydrogen-bond donors (Lipinski definition) is 2. The lowest BCUT2D eigenvalue weighted by molar-refractivity contribution is 0.187. The minimum Gasteiger partial charge on any atom is -0.468 e. The van der Waals surface area contributed by atoms with Crippen molar-refractivity contribution < 1.29 is 9.52 Å². The van der Waals surface area contributed by atoms with Gasteiger partial charge in [0.2, 0.25) is 0 Å². The Morgan fingerprint density at radius 3 is 3.07 bits per heavy atom. The minimum absolute atomic E-state index is 0.163. The first kappa shape index (κ1) is 10.7. The number of aliphatic hydroxyl groups is 1. The molecular weight excluding hydrogens is 192 g/mol. The number of rotatable bonds is 4. The molecule has 2 rings (SSSR count). The van der Waals surface area contributed by atoms with Crippen LogP contribution in [0.15, 0.2) is 22.8 Å². The molecule has 15 heavy (non-hydrogen) atoms. The van der Waals surface area contributed by atoms with E-state index < -0.39 is 0 Å². The van der Waals surface area contributed by atoms with Crippen molar-refractivity contribution in [2.75, 3.05) is 26.2 Å². The number of aliphatic hydroxyl groups excluding tert-OH is 1. The summed E-state index contributed by atoms with van der Waals surface area (Å²) in [6.07, 6.45) is 2.73. The smallest absolute Gasteiger partial charge is 0.122 e. The van der Waals surface area contributed by atoms with Crippen LogP contribution in [0.2, 0.25) is 0 Å². The molecule has 0 bridgehead atoms. The van der Waals surface area contributed by atoms with Gasteiger partial charge in [-0.05, 0) is 31.0 Å². The van der Waals surface area contributed by atoms with Crippen LogP contribution in [0, 0.1) is 5.92 Å². The average molecular weight is 210 g/mol. The van der Waals surface area contributed by atoms with Gasteiger partial charge in [-0.25, -0.2) is 0 Å². The molecule has 4 nitrogen and oxygen atoms in total. The van der Waals surface area contributed by atoms with E-state index in [0.29, 0.717) is 12.5 Å². The summed E-state index contributed by atoms with van der Waals surface area (Å²) in [4.78, 5) is 2.29. The van der Waals surface area contributed by atoms with Crippen LogP contribution in [0.25, 0.3) is 0 Å². The Balaban J connectivity index is 2.02. The Labute approximate surface area is 89.7 Å². The molecule has 84 valence electrons. The molecule has 1 aliphatic rings. The third kappa shape index (κ3) is 2.22. The normalized spacial score (nSPS) is 24.5. The summed E-state index contributed by atoms with van der Waals surface area (Å²) in [5, 5.41) is 9.09. The molecule has 1 aromatic rings. The van der Waals surface area contributed by atoms with Crippen LogP contribution in [-0.2, 0) is 0 Å². The first-order valence-corrected chi connectivity index (χ1v) is 5.43. The molecule has 3 N–H and O–H groups in total. The number of hydrogen-bond acceptors (Lipinski definition) is 4. The van der Waals surface area contributed by atoms with E-state index in [-0.39, 0.29) is 12.6 Å². The molecule has 1 fully saturated rings. The predicted molar refractivity (Wildman–Crippen MR) is 57.3 cm³/mol. The van der Waals surface area contributed by atoms with Crippen LogP contribution >= 0.6 is 0 Å². The molecule has 2 heterocycles. The van der Waals surface area contributed by atoms with E-state index in [1.807, 2.05) is 12.1 Å². The topological polar surface area (TPSA) is 62.6 Å². The van der Waals surface area contributed by atoms with Gasteiger partial charge in [0.05, 0.1) is 12.3 Å². The SMILES string of the molecule is NCC(c1ccco1)N1CCC(CO)C1. The van der Waals surface area contributed by atoms with E-state index in [1.54, 1.807) is 6.26 Å². The van der Waals surface area contributed by atoms with Gasteiger partial charge in [0.25, 0.3) is 0 Å². The van der Waals surface area contributed by atoms with E-state index in [9.17, 15) is 0 Å². The molecule has 2 atom stereocenters. The largest absolute Gasteiger partial charge is 0.468 e. The fourth-order valence-corrected chi connectivity index (χ4v) is 2.22. The fraction of sp³-hybridized carbons (Fsp3) is 0.636. The summed E-state index contributed by atoms with van der Waals surface area (Å²) < 4.78 is 5.38. The molecule has 2 unspecified atom stereocenters. The summed E-state index contributed by atoms with van der Waals surface area (Å²) in [6, 6.07) is 4.01.